The summed E-state index contributed by atoms with van der Waals surface area (Å²) in [4.78, 5) is 47.4. The van der Waals surface area contributed by atoms with Crippen LogP contribution in [0, 0.1) is 5.41 Å². The predicted molar refractivity (Wildman–Crippen MR) is 176 cm³/mol. The Kier molecular flexibility index (Phi) is 7.34. The summed E-state index contributed by atoms with van der Waals surface area (Å²) >= 11 is 1.41. The summed E-state index contributed by atoms with van der Waals surface area (Å²) in [6.45, 7) is 1.92. The van der Waals surface area contributed by atoms with E-state index in [9.17, 15) is 19.8 Å². The summed E-state index contributed by atoms with van der Waals surface area (Å²) in [7, 11) is 0. The molecular weight excluding hydrogens is 584 g/mol. The summed E-state index contributed by atoms with van der Waals surface area (Å²) in [5.41, 5.74) is 3.33. The minimum atomic E-state index is -0.569. The zero-order valence-electron chi connectivity index (χ0n) is 24.5. The summed E-state index contributed by atoms with van der Waals surface area (Å²) in [6.07, 6.45) is 5.21. The minimum Gasteiger partial charge on any atom is -0.322 e. The van der Waals surface area contributed by atoms with Crippen molar-refractivity contribution in [3.63, 3.8) is 0 Å². The van der Waals surface area contributed by atoms with Gasteiger partial charge in [0.1, 0.15) is 21.8 Å². The van der Waals surface area contributed by atoms with E-state index in [0.717, 1.165) is 41.7 Å². The molecule has 10 heteroatoms. The van der Waals surface area contributed by atoms with Crippen LogP contribution in [0.4, 0.5) is 10.7 Å². The Morgan fingerprint density at radius 3 is 2.40 bits per heavy atom. The quantitative estimate of drug-likeness (QED) is 0.194. The number of carbonyl (C=O) groups excluding carboxylic acids is 2. The molecule has 4 aromatic heterocycles. The molecule has 0 radical (unpaired) electrons. The number of amides is 2. The third-order valence-electron chi connectivity index (χ3n) is 8.33. The van der Waals surface area contributed by atoms with Gasteiger partial charge < -0.3 is 15.2 Å². The Bertz CT molecular complexity index is 2220. The number of benzene rings is 2. The number of rotatable bonds is 6. The number of hydrogen-bond donors (Lipinski definition) is 3. The van der Waals surface area contributed by atoms with Crippen LogP contribution >= 0.6 is 11.3 Å². The second-order valence-electron chi connectivity index (χ2n) is 11.1. The molecule has 4 heterocycles. The number of anilines is 2. The molecule has 2 aromatic carbocycles. The lowest BCUT2D eigenvalue weighted by molar-refractivity contribution is 0.102. The third-order valence-corrected chi connectivity index (χ3v) is 9.54. The van der Waals surface area contributed by atoms with Crippen LogP contribution in [0.25, 0.3) is 16.7 Å². The van der Waals surface area contributed by atoms with E-state index in [-0.39, 0.29) is 27.9 Å². The van der Waals surface area contributed by atoms with Crippen molar-refractivity contribution in [3.05, 3.63) is 134 Å². The second kappa shape index (κ2) is 11.6. The van der Waals surface area contributed by atoms with E-state index in [2.05, 4.69) is 10.6 Å². The van der Waals surface area contributed by atoms with Crippen LogP contribution in [0.3, 0.4) is 0 Å². The normalized spacial score (nSPS) is 13.4. The number of thiophene rings is 1. The lowest BCUT2D eigenvalue weighted by Gasteiger charge is -2.21. The number of nitrogens with one attached hydrogen (secondary N) is 3. The van der Waals surface area contributed by atoms with Crippen LogP contribution < -0.4 is 21.7 Å². The number of fused-ring (bicyclic) bond motifs is 3. The van der Waals surface area contributed by atoms with Crippen molar-refractivity contribution in [2.45, 2.75) is 38.6 Å². The molecule has 7 rings (SSSR count). The summed E-state index contributed by atoms with van der Waals surface area (Å²) in [5.74, 6) is -0.858. The molecule has 0 bridgehead atoms. The number of hydrogen-bond acceptors (Lipinski definition) is 6. The fourth-order valence-electron chi connectivity index (χ4n) is 6.06. The van der Waals surface area contributed by atoms with E-state index >= 15 is 0 Å². The van der Waals surface area contributed by atoms with E-state index in [1.807, 2.05) is 67.6 Å². The lowest BCUT2D eigenvalue weighted by Crippen LogP contribution is -2.34. The van der Waals surface area contributed by atoms with Gasteiger partial charge in [-0.25, -0.2) is 4.98 Å². The fourth-order valence-corrected chi connectivity index (χ4v) is 7.34. The van der Waals surface area contributed by atoms with Crippen molar-refractivity contribution in [2.24, 2.45) is 0 Å². The maximum absolute atomic E-state index is 14.1. The average molecular weight is 615 g/mol. The molecule has 1 aliphatic carbocycles. The molecular formula is C35H30N6O3S. The first-order valence-electron chi connectivity index (χ1n) is 14.9. The first kappa shape index (κ1) is 28.4. The number of pyridine rings is 2. The monoisotopic (exact) mass is 614 g/mol. The summed E-state index contributed by atoms with van der Waals surface area (Å²) in [5, 5.41) is 15.9. The molecule has 9 nitrogen and oxygen atoms in total. The molecule has 1 atom stereocenters. The standard InChI is InChI=1S/C35H30N6O3S/c1-21(22-12-4-2-5-13-22)41-30(36)25(20-26-31(41)38-28-18-10-11-19-40(28)35(26)44)32(42)39-34-29(24-16-8-9-17-27(24)45-34)33(43)37-23-14-6-3-7-15-23/h2-7,10-15,18-21,36H,8-9,16-17H2,1H3,(H,37,43)(H,39,42). The van der Waals surface area contributed by atoms with Crippen molar-refractivity contribution >= 4 is 50.5 Å². The van der Waals surface area contributed by atoms with Gasteiger partial charge in [-0.3, -0.25) is 24.2 Å². The highest BCUT2D eigenvalue weighted by Crippen LogP contribution is 2.39. The zero-order valence-corrected chi connectivity index (χ0v) is 25.4. The van der Waals surface area contributed by atoms with E-state index in [0.29, 0.717) is 27.5 Å². The molecule has 1 unspecified atom stereocenters. The second-order valence-corrected chi connectivity index (χ2v) is 12.2. The van der Waals surface area contributed by atoms with Crippen LogP contribution in [0.1, 0.15) is 62.5 Å². The highest BCUT2D eigenvalue weighted by atomic mass is 32.1. The Balaban J connectivity index is 1.37. The van der Waals surface area contributed by atoms with Gasteiger partial charge in [0.25, 0.3) is 17.4 Å². The van der Waals surface area contributed by atoms with E-state index in [1.54, 1.807) is 29.0 Å². The Hall–Kier alpha value is -5.35. The molecule has 0 saturated heterocycles. The Morgan fingerprint density at radius 2 is 1.62 bits per heavy atom. The largest absolute Gasteiger partial charge is 0.322 e. The first-order valence-corrected chi connectivity index (χ1v) is 15.7. The van der Waals surface area contributed by atoms with Crippen molar-refractivity contribution in [3.8, 4) is 0 Å². The predicted octanol–water partition coefficient (Wildman–Crippen LogP) is 6.18. The summed E-state index contributed by atoms with van der Waals surface area (Å²) < 4.78 is 3.07. The Labute approximate surface area is 262 Å². The molecule has 1 aliphatic rings. The van der Waals surface area contributed by atoms with Crippen LogP contribution in [-0.2, 0) is 12.8 Å². The number of carbonyl (C=O) groups is 2. The van der Waals surface area contributed by atoms with Gasteiger partial charge in [0.2, 0.25) is 0 Å². The van der Waals surface area contributed by atoms with Gasteiger partial charge in [0.05, 0.1) is 22.6 Å². The van der Waals surface area contributed by atoms with Crippen LogP contribution in [-0.4, -0.2) is 25.8 Å². The average Bonchev–Trinajstić information content (AvgIpc) is 3.43. The minimum absolute atomic E-state index is 0.0147. The Morgan fingerprint density at radius 1 is 0.911 bits per heavy atom. The van der Waals surface area contributed by atoms with Gasteiger partial charge in [0.15, 0.2) is 0 Å². The van der Waals surface area contributed by atoms with Crippen molar-refractivity contribution < 1.29 is 9.59 Å². The molecule has 0 aliphatic heterocycles. The van der Waals surface area contributed by atoms with Crippen LogP contribution in [0.5, 0.6) is 0 Å². The highest BCUT2D eigenvalue weighted by molar-refractivity contribution is 7.17. The van der Waals surface area contributed by atoms with E-state index in [1.165, 1.54) is 21.8 Å². The van der Waals surface area contributed by atoms with Crippen molar-refractivity contribution in [1.29, 1.82) is 5.41 Å². The molecule has 0 saturated carbocycles. The molecule has 0 spiro atoms. The fraction of sp³-hybridized carbons (Fsp3) is 0.171. The molecule has 6 aromatic rings. The number of aromatic nitrogens is 3. The van der Waals surface area contributed by atoms with Crippen molar-refractivity contribution in [2.75, 3.05) is 10.6 Å². The third kappa shape index (κ3) is 5.12. The number of para-hydroxylation sites is 1. The number of aryl methyl sites for hydroxylation is 1. The lowest BCUT2D eigenvalue weighted by atomic mass is 9.95. The van der Waals surface area contributed by atoms with Gasteiger partial charge in [0, 0.05) is 16.8 Å². The smallest absolute Gasteiger partial charge is 0.267 e. The van der Waals surface area contributed by atoms with Crippen LogP contribution in [0.15, 0.2) is 95.9 Å². The zero-order chi connectivity index (χ0) is 31.1. The highest BCUT2D eigenvalue weighted by Gasteiger charge is 2.28. The van der Waals surface area contributed by atoms with E-state index < -0.39 is 11.9 Å². The van der Waals surface area contributed by atoms with Gasteiger partial charge >= 0.3 is 0 Å². The summed E-state index contributed by atoms with van der Waals surface area (Å²) in [6, 6.07) is 25.2. The maximum Gasteiger partial charge on any atom is 0.267 e. The van der Waals surface area contributed by atoms with Crippen molar-refractivity contribution in [1.82, 2.24) is 14.0 Å². The van der Waals surface area contributed by atoms with Gasteiger partial charge in [-0.1, -0.05) is 54.6 Å². The molecule has 45 heavy (non-hydrogen) atoms. The molecule has 0 fully saturated rings. The van der Waals surface area contributed by atoms with Gasteiger partial charge in [-0.05, 0) is 74.1 Å². The number of nitrogens with zero attached hydrogens (tertiary/aromatic N) is 3. The molecule has 2 amide bonds. The maximum atomic E-state index is 14.1. The molecule has 3 N–H and O–H groups in total. The van der Waals surface area contributed by atoms with Gasteiger partial charge in [-0.15, -0.1) is 11.3 Å². The first-order chi connectivity index (χ1) is 21.9. The SMILES string of the molecule is CC(c1ccccc1)n1c(=N)c(C(=O)Nc2sc3c(c2C(=O)Nc2ccccc2)CCCC3)cc2c(=O)n3ccccc3nc21. The van der Waals surface area contributed by atoms with Crippen LogP contribution in [0.2, 0.25) is 0 Å². The van der Waals surface area contributed by atoms with E-state index in [4.69, 9.17) is 4.98 Å². The van der Waals surface area contributed by atoms with Gasteiger partial charge in [-0.2, -0.15) is 0 Å². The molecule has 224 valence electrons. The topological polar surface area (TPSA) is 121 Å².